The molecule has 0 aromatic rings. The molecule has 0 bridgehead atoms. The Morgan fingerprint density at radius 1 is 1.62 bits per heavy atom. The number of nitrogens with two attached hydrogens (primary N) is 2. The van der Waals surface area contributed by atoms with Crippen LogP contribution in [0.4, 0.5) is 0 Å². The molecule has 0 saturated carbocycles. The monoisotopic (exact) mass is 201 g/mol. The minimum absolute atomic E-state index is 0.0532. The number of hydrogen-bond donors (Lipinski definition) is 3. The zero-order valence-corrected chi connectivity index (χ0v) is 8.47. The SMILES string of the molecule is CN(C(=N)N=C(N)N)C1CCSC1. The third kappa shape index (κ3) is 2.80. The van der Waals surface area contributed by atoms with Gasteiger partial charge in [-0.1, -0.05) is 0 Å². The van der Waals surface area contributed by atoms with Gasteiger partial charge in [-0.15, -0.1) is 0 Å². The maximum atomic E-state index is 7.56. The Morgan fingerprint density at radius 3 is 2.77 bits per heavy atom. The van der Waals surface area contributed by atoms with Crippen LogP contribution in [0.15, 0.2) is 4.99 Å². The number of nitrogens with zero attached hydrogens (tertiary/aromatic N) is 2. The summed E-state index contributed by atoms with van der Waals surface area (Å²) in [5, 5.41) is 7.56. The van der Waals surface area contributed by atoms with Crippen LogP contribution in [0.2, 0.25) is 0 Å². The van der Waals surface area contributed by atoms with Crippen LogP contribution in [-0.2, 0) is 0 Å². The van der Waals surface area contributed by atoms with Crippen molar-refractivity contribution in [1.29, 1.82) is 5.41 Å². The number of guanidine groups is 2. The van der Waals surface area contributed by atoms with Crippen molar-refractivity contribution >= 4 is 23.7 Å². The molecule has 0 amide bonds. The van der Waals surface area contributed by atoms with Crippen LogP contribution in [0, 0.1) is 5.41 Å². The lowest BCUT2D eigenvalue weighted by molar-refractivity contribution is 0.391. The molecule has 1 fully saturated rings. The summed E-state index contributed by atoms with van der Waals surface area (Å²) in [4.78, 5) is 5.51. The minimum Gasteiger partial charge on any atom is -0.370 e. The lowest BCUT2D eigenvalue weighted by atomic mass is 10.2. The highest BCUT2D eigenvalue weighted by Crippen LogP contribution is 2.21. The van der Waals surface area contributed by atoms with E-state index >= 15 is 0 Å². The first-order chi connectivity index (χ1) is 6.11. The number of thioether (sulfide) groups is 1. The number of rotatable bonds is 1. The van der Waals surface area contributed by atoms with Crippen LogP contribution in [-0.4, -0.2) is 41.4 Å². The number of hydrogen-bond acceptors (Lipinski definition) is 2. The molecule has 13 heavy (non-hydrogen) atoms. The molecule has 1 atom stereocenters. The standard InChI is InChI=1S/C7H15N5S/c1-12(5-2-3-13-4-5)7(10)11-6(8)9/h5H,2-4H2,1H3,(H5,8,9,10,11). The van der Waals surface area contributed by atoms with Crippen molar-refractivity contribution in [3.05, 3.63) is 0 Å². The fraction of sp³-hybridized carbons (Fsp3) is 0.714. The highest BCUT2D eigenvalue weighted by Gasteiger charge is 2.21. The summed E-state index contributed by atoms with van der Waals surface area (Å²) < 4.78 is 0. The van der Waals surface area contributed by atoms with Crippen LogP contribution in [0.1, 0.15) is 6.42 Å². The Morgan fingerprint density at radius 2 is 2.31 bits per heavy atom. The first-order valence-electron chi connectivity index (χ1n) is 4.10. The number of nitrogens with one attached hydrogen (secondary N) is 1. The molecule has 1 unspecified atom stereocenters. The number of aliphatic imine (C=N–C) groups is 1. The average Bonchev–Trinajstić information content (AvgIpc) is 2.53. The minimum atomic E-state index is -0.0532. The van der Waals surface area contributed by atoms with Gasteiger partial charge in [0, 0.05) is 18.8 Å². The van der Waals surface area contributed by atoms with Gasteiger partial charge in [-0.2, -0.15) is 16.8 Å². The maximum absolute atomic E-state index is 7.56. The Bertz CT molecular complexity index is 217. The molecule has 1 rings (SSSR count). The molecule has 0 radical (unpaired) electrons. The summed E-state index contributed by atoms with van der Waals surface area (Å²) in [6.45, 7) is 0. The normalized spacial score (nSPS) is 21.2. The van der Waals surface area contributed by atoms with Crippen LogP contribution in [0.3, 0.4) is 0 Å². The molecule has 5 nitrogen and oxygen atoms in total. The van der Waals surface area contributed by atoms with Gasteiger partial charge < -0.3 is 16.4 Å². The Hall–Kier alpha value is -0.910. The third-order valence-corrected chi connectivity index (χ3v) is 3.17. The van der Waals surface area contributed by atoms with Gasteiger partial charge in [-0.25, -0.2) is 0 Å². The van der Waals surface area contributed by atoms with E-state index in [0.29, 0.717) is 6.04 Å². The van der Waals surface area contributed by atoms with E-state index in [9.17, 15) is 0 Å². The molecule has 0 aliphatic carbocycles. The van der Waals surface area contributed by atoms with E-state index in [2.05, 4.69) is 4.99 Å². The second-order valence-electron chi connectivity index (χ2n) is 2.99. The molecule has 0 aromatic carbocycles. The molecule has 1 heterocycles. The first-order valence-corrected chi connectivity index (χ1v) is 5.25. The molecule has 1 saturated heterocycles. The van der Waals surface area contributed by atoms with Crippen LogP contribution >= 0.6 is 11.8 Å². The van der Waals surface area contributed by atoms with Crippen molar-refractivity contribution in [2.75, 3.05) is 18.6 Å². The van der Waals surface area contributed by atoms with E-state index in [4.69, 9.17) is 16.9 Å². The van der Waals surface area contributed by atoms with Gasteiger partial charge in [-0.05, 0) is 12.2 Å². The van der Waals surface area contributed by atoms with E-state index in [1.165, 1.54) is 0 Å². The van der Waals surface area contributed by atoms with Gasteiger partial charge in [0.25, 0.3) is 0 Å². The largest absolute Gasteiger partial charge is 0.370 e. The van der Waals surface area contributed by atoms with Gasteiger partial charge in [0.2, 0.25) is 5.96 Å². The summed E-state index contributed by atoms with van der Waals surface area (Å²) >= 11 is 1.90. The van der Waals surface area contributed by atoms with Gasteiger partial charge in [0.15, 0.2) is 5.96 Å². The Kier molecular flexibility index (Phi) is 3.41. The summed E-state index contributed by atoms with van der Waals surface area (Å²) in [6, 6.07) is 0.403. The lowest BCUT2D eigenvalue weighted by Crippen LogP contribution is -2.37. The molecular formula is C7H15N5S. The maximum Gasteiger partial charge on any atom is 0.221 e. The fourth-order valence-electron chi connectivity index (χ4n) is 1.20. The van der Waals surface area contributed by atoms with Gasteiger partial charge >= 0.3 is 0 Å². The van der Waals surface area contributed by atoms with E-state index in [-0.39, 0.29) is 11.9 Å². The van der Waals surface area contributed by atoms with Crippen molar-refractivity contribution in [3.8, 4) is 0 Å². The molecule has 6 heteroatoms. The first kappa shape index (κ1) is 10.2. The van der Waals surface area contributed by atoms with Gasteiger partial charge in [0.1, 0.15) is 0 Å². The Labute approximate surface area is 82.1 Å². The fourth-order valence-corrected chi connectivity index (χ4v) is 2.47. The van der Waals surface area contributed by atoms with Crippen molar-refractivity contribution in [1.82, 2.24) is 4.90 Å². The highest BCUT2D eigenvalue weighted by molar-refractivity contribution is 7.99. The quantitative estimate of drug-likeness (QED) is 0.399. The zero-order chi connectivity index (χ0) is 9.84. The molecular weight excluding hydrogens is 186 g/mol. The van der Waals surface area contributed by atoms with Gasteiger partial charge in [-0.3, -0.25) is 5.41 Å². The Balaban J connectivity index is 2.50. The average molecular weight is 201 g/mol. The van der Waals surface area contributed by atoms with Crippen molar-refractivity contribution in [2.24, 2.45) is 16.5 Å². The molecule has 1 aliphatic heterocycles. The topological polar surface area (TPSA) is 91.5 Å². The summed E-state index contributed by atoms with van der Waals surface area (Å²) in [5.74, 6) is 2.30. The van der Waals surface area contributed by atoms with Crippen LogP contribution in [0.25, 0.3) is 0 Å². The summed E-state index contributed by atoms with van der Waals surface area (Å²) in [7, 11) is 1.85. The van der Waals surface area contributed by atoms with Crippen molar-refractivity contribution < 1.29 is 0 Å². The molecule has 0 spiro atoms. The van der Waals surface area contributed by atoms with Gasteiger partial charge in [0.05, 0.1) is 0 Å². The van der Waals surface area contributed by atoms with Crippen LogP contribution in [0.5, 0.6) is 0 Å². The zero-order valence-electron chi connectivity index (χ0n) is 7.66. The predicted octanol–water partition coefficient (Wildman–Crippen LogP) is -0.368. The van der Waals surface area contributed by atoms with Crippen molar-refractivity contribution in [3.63, 3.8) is 0 Å². The summed E-state index contributed by atoms with van der Waals surface area (Å²) in [6.07, 6.45) is 1.10. The third-order valence-electron chi connectivity index (χ3n) is 2.02. The van der Waals surface area contributed by atoms with E-state index in [1.54, 1.807) is 0 Å². The summed E-state index contributed by atoms with van der Waals surface area (Å²) in [5.41, 5.74) is 10.4. The molecule has 1 aliphatic rings. The molecule has 5 N–H and O–H groups in total. The smallest absolute Gasteiger partial charge is 0.221 e. The van der Waals surface area contributed by atoms with E-state index in [1.807, 2.05) is 23.7 Å². The predicted molar refractivity (Wildman–Crippen MR) is 57.0 cm³/mol. The van der Waals surface area contributed by atoms with Crippen molar-refractivity contribution in [2.45, 2.75) is 12.5 Å². The molecule has 74 valence electrons. The highest BCUT2D eigenvalue weighted by atomic mass is 32.2. The van der Waals surface area contributed by atoms with Crippen LogP contribution < -0.4 is 11.5 Å². The second kappa shape index (κ2) is 4.36. The molecule has 0 aromatic heterocycles. The van der Waals surface area contributed by atoms with E-state index in [0.717, 1.165) is 17.9 Å². The second-order valence-corrected chi connectivity index (χ2v) is 4.14. The van der Waals surface area contributed by atoms with E-state index < -0.39 is 0 Å². The lowest BCUT2D eigenvalue weighted by Gasteiger charge is -2.23.